The fraction of sp³-hybridized carbons (Fsp3) is 0.375. The Kier molecular flexibility index (Phi) is 3.40. The van der Waals surface area contributed by atoms with E-state index in [1.165, 1.54) is 22.4 Å². The summed E-state index contributed by atoms with van der Waals surface area (Å²) in [4.78, 5) is 9.14. The number of fused-ring (bicyclic) bond motifs is 1. The molecular formula is C16H20N4. The number of rotatable bonds is 2. The Morgan fingerprint density at radius 3 is 2.80 bits per heavy atom. The monoisotopic (exact) mass is 268 g/mol. The second-order valence-electron chi connectivity index (χ2n) is 5.41. The number of hydrogen-bond donors (Lipinski definition) is 2. The van der Waals surface area contributed by atoms with Gasteiger partial charge in [0.2, 0.25) is 0 Å². The van der Waals surface area contributed by atoms with Crippen molar-refractivity contribution < 1.29 is 0 Å². The van der Waals surface area contributed by atoms with Gasteiger partial charge in [-0.25, -0.2) is 9.97 Å². The van der Waals surface area contributed by atoms with Crippen LogP contribution in [0.15, 0.2) is 18.2 Å². The molecule has 1 aliphatic heterocycles. The molecule has 0 spiro atoms. The zero-order valence-electron chi connectivity index (χ0n) is 12.2. The van der Waals surface area contributed by atoms with Crippen LogP contribution >= 0.6 is 0 Å². The second-order valence-corrected chi connectivity index (χ2v) is 5.41. The van der Waals surface area contributed by atoms with E-state index in [1.807, 2.05) is 6.92 Å². The number of nitrogens with one attached hydrogen (secondary N) is 2. The molecule has 0 bridgehead atoms. The molecule has 0 fully saturated rings. The SMILES string of the molecule is Cc1ccc(Nc2nc(C)nc3c2CNCC3)c(C)c1. The Bertz CT molecular complexity index is 649. The Morgan fingerprint density at radius 1 is 1.15 bits per heavy atom. The summed E-state index contributed by atoms with van der Waals surface area (Å²) in [5.41, 5.74) is 5.99. The zero-order chi connectivity index (χ0) is 14.1. The summed E-state index contributed by atoms with van der Waals surface area (Å²) in [5.74, 6) is 1.77. The molecule has 0 aliphatic carbocycles. The van der Waals surface area contributed by atoms with E-state index in [2.05, 4.69) is 52.6 Å². The van der Waals surface area contributed by atoms with E-state index in [-0.39, 0.29) is 0 Å². The molecule has 1 aliphatic rings. The molecule has 3 rings (SSSR count). The van der Waals surface area contributed by atoms with Gasteiger partial charge in [-0.2, -0.15) is 0 Å². The van der Waals surface area contributed by atoms with Crippen LogP contribution in [0.5, 0.6) is 0 Å². The van der Waals surface area contributed by atoms with Gasteiger partial charge in [-0.05, 0) is 32.4 Å². The van der Waals surface area contributed by atoms with Gasteiger partial charge < -0.3 is 10.6 Å². The normalized spacial score (nSPS) is 13.9. The van der Waals surface area contributed by atoms with Gasteiger partial charge in [0.25, 0.3) is 0 Å². The van der Waals surface area contributed by atoms with Gasteiger partial charge in [-0.15, -0.1) is 0 Å². The Morgan fingerprint density at radius 2 is 2.00 bits per heavy atom. The molecule has 104 valence electrons. The lowest BCUT2D eigenvalue weighted by Crippen LogP contribution is -2.26. The van der Waals surface area contributed by atoms with Crippen LogP contribution in [-0.2, 0) is 13.0 Å². The summed E-state index contributed by atoms with van der Waals surface area (Å²) >= 11 is 0. The molecule has 1 aromatic carbocycles. The molecule has 0 saturated carbocycles. The van der Waals surface area contributed by atoms with Crippen molar-refractivity contribution >= 4 is 11.5 Å². The molecular weight excluding hydrogens is 248 g/mol. The van der Waals surface area contributed by atoms with Gasteiger partial charge in [0, 0.05) is 30.8 Å². The van der Waals surface area contributed by atoms with Gasteiger partial charge in [0.1, 0.15) is 11.6 Å². The molecule has 4 nitrogen and oxygen atoms in total. The molecule has 0 radical (unpaired) electrons. The van der Waals surface area contributed by atoms with Crippen molar-refractivity contribution in [2.24, 2.45) is 0 Å². The third kappa shape index (κ3) is 2.51. The molecule has 0 amide bonds. The highest BCUT2D eigenvalue weighted by Crippen LogP contribution is 2.25. The lowest BCUT2D eigenvalue weighted by molar-refractivity contribution is 0.625. The van der Waals surface area contributed by atoms with Crippen LogP contribution < -0.4 is 10.6 Å². The van der Waals surface area contributed by atoms with Crippen molar-refractivity contribution in [2.45, 2.75) is 33.7 Å². The molecule has 2 N–H and O–H groups in total. The molecule has 0 unspecified atom stereocenters. The molecule has 20 heavy (non-hydrogen) atoms. The maximum absolute atomic E-state index is 4.58. The first kappa shape index (κ1) is 13.1. The lowest BCUT2D eigenvalue weighted by Gasteiger charge is -2.20. The van der Waals surface area contributed by atoms with Gasteiger partial charge in [0.05, 0.1) is 5.69 Å². The summed E-state index contributed by atoms with van der Waals surface area (Å²) in [6.07, 6.45) is 0.972. The number of aryl methyl sites for hydroxylation is 3. The fourth-order valence-corrected chi connectivity index (χ4v) is 2.65. The van der Waals surface area contributed by atoms with Gasteiger partial charge >= 0.3 is 0 Å². The topological polar surface area (TPSA) is 49.8 Å². The second kappa shape index (κ2) is 5.21. The molecule has 2 aromatic rings. The van der Waals surface area contributed by atoms with Gasteiger partial charge in [0.15, 0.2) is 0 Å². The summed E-state index contributed by atoms with van der Waals surface area (Å²) in [6.45, 7) is 8.01. The Hall–Kier alpha value is -1.94. The third-order valence-corrected chi connectivity index (χ3v) is 3.68. The third-order valence-electron chi connectivity index (χ3n) is 3.68. The number of aromatic nitrogens is 2. The first-order valence-electron chi connectivity index (χ1n) is 7.05. The predicted octanol–water partition coefficient (Wildman–Crippen LogP) is 2.79. The van der Waals surface area contributed by atoms with Crippen molar-refractivity contribution in [1.29, 1.82) is 0 Å². The van der Waals surface area contributed by atoms with Crippen molar-refractivity contribution in [3.05, 3.63) is 46.4 Å². The van der Waals surface area contributed by atoms with Crippen LogP contribution in [0.25, 0.3) is 0 Å². The number of anilines is 2. The van der Waals surface area contributed by atoms with E-state index in [0.717, 1.165) is 36.8 Å². The van der Waals surface area contributed by atoms with Gasteiger partial charge in [-0.3, -0.25) is 0 Å². The maximum atomic E-state index is 4.58. The highest BCUT2D eigenvalue weighted by atomic mass is 15.1. The first-order valence-corrected chi connectivity index (χ1v) is 7.05. The maximum Gasteiger partial charge on any atom is 0.138 e. The minimum Gasteiger partial charge on any atom is -0.340 e. The number of hydrogen-bond acceptors (Lipinski definition) is 4. The molecule has 1 aromatic heterocycles. The van der Waals surface area contributed by atoms with E-state index in [4.69, 9.17) is 0 Å². The van der Waals surface area contributed by atoms with Crippen LogP contribution in [0.4, 0.5) is 11.5 Å². The summed E-state index contributed by atoms with van der Waals surface area (Å²) in [7, 11) is 0. The fourth-order valence-electron chi connectivity index (χ4n) is 2.65. The van der Waals surface area contributed by atoms with Crippen LogP contribution in [-0.4, -0.2) is 16.5 Å². The minimum absolute atomic E-state index is 0.831. The van der Waals surface area contributed by atoms with E-state index < -0.39 is 0 Å². The van der Waals surface area contributed by atoms with Crippen molar-refractivity contribution in [1.82, 2.24) is 15.3 Å². The van der Waals surface area contributed by atoms with E-state index in [9.17, 15) is 0 Å². The Balaban J connectivity index is 2.00. The zero-order valence-corrected chi connectivity index (χ0v) is 12.2. The van der Waals surface area contributed by atoms with Crippen LogP contribution in [0.1, 0.15) is 28.2 Å². The highest BCUT2D eigenvalue weighted by molar-refractivity contribution is 5.64. The molecule has 0 atom stereocenters. The van der Waals surface area contributed by atoms with Gasteiger partial charge in [-0.1, -0.05) is 17.7 Å². The largest absolute Gasteiger partial charge is 0.340 e. The quantitative estimate of drug-likeness (QED) is 0.879. The average molecular weight is 268 g/mol. The van der Waals surface area contributed by atoms with E-state index in [0.29, 0.717) is 0 Å². The average Bonchev–Trinajstić information content (AvgIpc) is 2.41. The molecule has 4 heteroatoms. The number of nitrogens with zero attached hydrogens (tertiary/aromatic N) is 2. The summed E-state index contributed by atoms with van der Waals surface area (Å²) in [5, 5.41) is 6.87. The van der Waals surface area contributed by atoms with E-state index in [1.54, 1.807) is 0 Å². The predicted molar refractivity (Wildman–Crippen MR) is 81.4 cm³/mol. The highest BCUT2D eigenvalue weighted by Gasteiger charge is 2.16. The number of benzene rings is 1. The molecule has 0 saturated heterocycles. The van der Waals surface area contributed by atoms with E-state index >= 15 is 0 Å². The van der Waals surface area contributed by atoms with Crippen molar-refractivity contribution in [3.63, 3.8) is 0 Å². The smallest absolute Gasteiger partial charge is 0.138 e. The van der Waals surface area contributed by atoms with Crippen LogP contribution in [0, 0.1) is 20.8 Å². The van der Waals surface area contributed by atoms with Crippen molar-refractivity contribution in [3.8, 4) is 0 Å². The molecule has 2 heterocycles. The van der Waals surface area contributed by atoms with Crippen LogP contribution in [0.3, 0.4) is 0 Å². The Labute approximate surface area is 119 Å². The first-order chi connectivity index (χ1) is 9.63. The standard InChI is InChI=1S/C16H20N4/c1-10-4-5-14(11(2)8-10)20-16-13-9-17-7-6-15(13)18-12(3)19-16/h4-5,8,17H,6-7,9H2,1-3H3,(H,18,19,20). The summed E-state index contributed by atoms with van der Waals surface area (Å²) < 4.78 is 0. The summed E-state index contributed by atoms with van der Waals surface area (Å²) in [6, 6.07) is 6.42. The van der Waals surface area contributed by atoms with Crippen molar-refractivity contribution in [2.75, 3.05) is 11.9 Å². The minimum atomic E-state index is 0.831. The van der Waals surface area contributed by atoms with Crippen LogP contribution in [0.2, 0.25) is 0 Å². The lowest BCUT2D eigenvalue weighted by atomic mass is 10.1.